The molecular formula is C18H20F3N5O4. The minimum atomic E-state index is -4.63. The number of amides is 1. The van der Waals surface area contributed by atoms with Gasteiger partial charge >= 0.3 is 11.9 Å². The standard InChI is InChI=1S/C18H20F3N5O4/c1-23-15-14(16(28)24(2)17(23)29)25(10-22-15)8-13(27)26(9-18(19,20)21)11-4-6-12(30-3)7-5-11/h4-7,22H,8-10H2,1-3H3. The molecule has 0 unspecified atom stereocenters. The van der Waals surface area contributed by atoms with Gasteiger partial charge in [-0.2, -0.15) is 13.2 Å². The summed E-state index contributed by atoms with van der Waals surface area (Å²) in [5.41, 5.74) is -1.11. The molecule has 0 atom stereocenters. The number of anilines is 3. The van der Waals surface area contributed by atoms with E-state index in [4.69, 9.17) is 4.74 Å². The van der Waals surface area contributed by atoms with Crippen LogP contribution in [0.1, 0.15) is 0 Å². The third-order valence-corrected chi connectivity index (χ3v) is 4.74. The van der Waals surface area contributed by atoms with Crippen LogP contribution in [0.2, 0.25) is 0 Å². The van der Waals surface area contributed by atoms with Crippen molar-refractivity contribution in [2.24, 2.45) is 14.1 Å². The van der Waals surface area contributed by atoms with E-state index in [9.17, 15) is 27.6 Å². The second kappa shape index (κ2) is 7.76. The molecule has 0 bridgehead atoms. The highest BCUT2D eigenvalue weighted by Crippen LogP contribution is 2.28. The molecule has 3 rings (SSSR count). The van der Waals surface area contributed by atoms with Crippen molar-refractivity contribution in [2.75, 3.05) is 42.0 Å². The average Bonchev–Trinajstić information content (AvgIpc) is 3.12. The lowest BCUT2D eigenvalue weighted by Crippen LogP contribution is -2.46. The lowest BCUT2D eigenvalue weighted by molar-refractivity contribution is -0.131. The van der Waals surface area contributed by atoms with Gasteiger partial charge in [0, 0.05) is 19.8 Å². The van der Waals surface area contributed by atoms with Crippen LogP contribution in [-0.4, -0.2) is 48.1 Å². The quantitative estimate of drug-likeness (QED) is 0.762. The summed E-state index contributed by atoms with van der Waals surface area (Å²) >= 11 is 0. The van der Waals surface area contributed by atoms with E-state index in [1.54, 1.807) is 0 Å². The van der Waals surface area contributed by atoms with E-state index in [2.05, 4.69) is 5.32 Å². The maximum Gasteiger partial charge on any atom is 0.406 e. The molecule has 0 aliphatic carbocycles. The second-order valence-corrected chi connectivity index (χ2v) is 6.73. The van der Waals surface area contributed by atoms with Crippen molar-refractivity contribution in [2.45, 2.75) is 6.18 Å². The number of carbonyl (C=O) groups is 1. The lowest BCUT2D eigenvalue weighted by atomic mass is 10.2. The Balaban J connectivity index is 1.93. The number of hydrogen-bond acceptors (Lipinski definition) is 6. The molecule has 0 saturated heterocycles. The molecule has 1 aromatic carbocycles. The molecule has 1 N–H and O–H groups in total. The van der Waals surface area contributed by atoms with Gasteiger partial charge in [-0.3, -0.25) is 18.7 Å². The zero-order chi connectivity index (χ0) is 22.2. The van der Waals surface area contributed by atoms with Crippen molar-refractivity contribution in [1.29, 1.82) is 0 Å². The van der Waals surface area contributed by atoms with Crippen molar-refractivity contribution in [3.8, 4) is 5.75 Å². The van der Waals surface area contributed by atoms with E-state index in [1.807, 2.05) is 0 Å². The number of nitrogens with one attached hydrogen (secondary N) is 1. The maximum atomic E-state index is 13.1. The normalized spacial score (nSPS) is 13.1. The average molecular weight is 427 g/mol. The molecule has 1 aliphatic heterocycles. The zero-order valence-corrected chi connectivity index (χ0v) is 16.5. The highest BCUT2D eigenvalue weighted by atomic mass is 19.4. The lowest BCUT2D eigenvalue weighted by Gasteiger charge is -2.27. The van der Waals surface area contributed by atoms with Gasteiger partial charge in [-0.15, -0.1) is 0 Å². The Morgan fingerprint density at radius 2 is 1.80 bits per heavy atom. The van der Waals surface area contributed by atoms with Crippen molar-refractivity contribution in [3.05, 3.63) is 45.1 Å². The third-order valence-electron chi connectivity index (χ3n) is 4.74. The largest absolute Gasteiger partial charge is 0.497 e. The predicted octanol–water partition coefficient (Wildman–Crippen LogP) is 0.877. The van der Waals surface area contributed by atoms with Gasteiger partial charge in [0.1, 0.15) is 23.8 Å². The number of ether oxygens (including phenoxy) is 1. The summed E-state index contributed by atoms with van der Waals surface area (Å²) in [6.07, 6.45) is -4.63. The Labute approximate surface area is 168 Å². The summed E-state index contributed by atoms with van der Waals surface area (Å²) in [5, 5.41) is 2.84. The van der Waals surface area contributed by atoms with Gasteiger partial charge in [-0.1, -0.05) is 0 Å². The van der Waals surface area contributed by atoms with Crippen LogP contribution < -0.4 is 31.1 Å². The van der Waals surface area contributed by atoms with E-state index in [0.717, 1.165) is 4.57 Å². The number of rotatable bonds is 5. The summed E-state index contributed by atoms with van der Waals surface area (Å²) in [4.78, 5) is 39.3. The van der Waals surface area contributed by atoms with Crippen molar-refractivity contribution in [3.63, 3.8) is 0 Å². The molecule has 0 radical (unpaired) electrons. The number of alkyl halides is 3. The molecule has 0 fully saturated rings. The van der Waals surface area contributed by atoms with Crippen molar-refractivity contribution >= 4 is 23.1 Å². The van der Waals surface area contributed by atoms with Gasteiger partial charge in [0.25, 0.3) is 5.56 Å². The Bertz CT molecular complexity index is 1080. The van der Waals surface area contributed by atoms with E-state index in [1.165, 1.54) is 54.9 Å². The highest BCUT2D eigenvalue weighted by molar-refractivity contribution is 5.97. The third kappa shape index (κ3) is 3.98. The number of benzene rings is 1. The van der Waals surface area contributed by atoms with Gasteiger partial charge in [-0.05, 0) is 24.3 Å². The van der Waals surface area contributed by atoms with Crippen LogP contribution in [-0.2, 0) is 18.9 Å². The molecule has 1 aromatic heterocycles. The minimum Gasteiger partial charge on any atom is -0.497 e. The summed E-state index contributed by atoms with van der Waals surface area (Å²) in [6, 6.07) is 5.59. The van der Waals surface area contributed by atoms with Crippen LogP contribution in [0.3, 0.4) is 0 Å². The van der Waals surface area contributed by atoms with Crippen LogP contribution in [0.5, 0.6) is 5.75 Å². The van der Waals surface area contributed by atoms with Gasteiger partial charge in [0.05, 0.1) is 20.3 Å². The summed E-state index contributed by atoms with van der Waals surface area (Å²) in [5.74, 6) is -0.217. The smallest absolute Gasteiger partial charge is 0.406 e. The second-order valence-electron chi connectivity index (χ2n) is 6.73. The molecule has 1 aliphatic rings. The number of carbonyl (C=O) groups excluding carboxylic acids is 1. The fraction of sp³-hybridized carbons (Fsp3) is 0.389. The number of hydrogen-bond donors (Lipinski definition) is 1. The Morgan fingerprint density at radius 3 is 2.37 bits per heavy atom. The summed E-state index contributed by atoms with van der Waals surface area (Å²) < 4.78 is 46.5. The molecule has 1 amide bonds. The first-order valence-electron chi connectivity index (χ1n) is 8.83. The Morgan fingerprint density at radius 1 is 1.17 bits per heavy atom. The minimum absolute atomic E-state index is 0.00389. The zero-order valence-electron chi connectivity index (χ0n) is 16.5. The first kappa shape index (κ1) is 21.3. The summed E-state index contributed by atoms with van der Waals surface area (Å²) in [7, 11) is 4.15. The molecule has 9 nitrogen and oxygen atoms in total. The maximum absolute atomic E-state index is 13.1. The molecule has 12 heteroatoms. The number of nitrogens with zero attached hydrogens (tertiary/aromatic N) is 4. The SMILES string of the molecule is COc1ccc(N(CC(F)(F)F)C(=O)CN2CNc3c2c(=O)n(C)c(=O)n3C)cc1. The van der Waals surface area contributed by atoms with Crippen molar-refractivity contribution < 1.29 is 22.7 Å². The van der Waals surface area contributed by atoms with E-state index in [0.29, 0.717) is 10.6 Å². The van der Waals surface area contributed by atoms with Crippen LogP contribution in [0.4, 0.5) is 30.4 Å². The monoisotopic (exact) mass is 427 g/mol. The number of aromatic nitrogens is 2. The predicted molar refractivity (Wildman–Crippen MR) is 104 cm³/mol. The fourth-order valence-electron chi connectivity index (χ4n) is 3.21. The van der Waals surface area contributed by atoms with E-state index in [-0.39, 0.29) is 23.9 Å². The fourth-order valence-corrected chi connectivity index (χ4v) is 3.21. The van der Waals surface area contributed by atoms with E-state index < -0.39 is 36.4 Å². The molecule has 0 spiro atoms. The van der Waals surface area contributed by atoms with Crippen LogP contribution in [0.15, 0.2) is 33.9 Å². The van der Waals surface area contributed by atoms with Gasteiger partial charge < -0.3 is 19.9 Å². The van der Waals surface area contributed by atoms with Crippen molar-refractivity contribution in [1.82, 2.24) is 9.13 Å². The highest BCUT2D eigenvalue weighted by Gasteiger charge is 2.36. The van der Waals surface area contributed by atoms with Gasteiger partial charge in [0.2, 0.25) is 5.91 Å². The molecule has 0 saturated carbocycles. The first-order chi connectivity index (χ1) is 14.0. The molecule has 2 aromatic rings. The van der Waals surface area contributed by atoms with Crippen LogP contribution in [0, 0.1) is 0 Å². The first-order valence-corrected chi connectivity index (χ1v) is 8.83. The number of fused-ring (bicyclic) bond motifs is 1. The molecule has 162 valence electrons. The van der Waals surface area contributed by atoms with Crippen LogP contribution in [0.25, 0.3) is 0 Å². The number of halogens is 3. The number of methoxy groups -OCH3 is 1. The van der Waals surface area contributed by atoms with Crippen LogP contribution >= 0.6 is 0 Å². The Hall–Kier alpha value is -3.44. The molecular weight excluding hydrogens is 407 g/mol. The van der Waals surface area contributed by atoms with Gasteiger partial charge in [0.15, 0.2) is 0 Å². The van der Waals surface area contributed by atoms with E-state index >= 15 is 0 Å². The van der Waals surface area contributed by atoms with Gasteiger partial charge in [-0.25, -0.2) is 4.79 Å². The molecule has 2 heterocycles. The Kier molecular flexibility index (Phi) is 5.51. The molecule has 30 heavy (non-hydrogen) atoms. The topological polar surface area (TPSA) is 88.8 Å². The summed E-state index contributed by atoms with van der Waals surface area (Å²) in [6.45, 7) is -1.98.